The van der Waals surface area contributed by atoms with Crippen molar-refractivity contribution in [1.82, 2.24) is 15.0 Å². The fourth-order valence-electron chi connectivity index (χ4n) is 1.45. The van der Waals surface area contributed by atoms with E-state index < -0.39 is 0 Å². The topological polar surface area (TPSA) is 95.8 Å². The van der Waals surface area contributed by atoms with E-state index in [4.69, 9.17) is 21.6 Å². The minimum atomic E-state index is 0.160. The molecule has 2 rings (SSSR count). The van der Waals surface area contributed by atoms with Gasteiger partial charge in [-0.1, -0.05) is 11.6 Å². The zero-order valence-corrected chi connectivity index (χ0v) is 11.6. The smallest absolute Gasteiger partial charge is 0.322 e. The van der Waals surface area contributed by atoms with Crippen LogP contribution in [0.2, 0.25) is 5.02 Å². The highest BCUT2D eigenvalue weighted by molar-refractivity contribution is 6.30. The minimum Gasteiger partial charge on any atom is -0.467 e. The van der Waals surface area contributed by atoms with E-state index in [0.29, 0.717) is 22.2 Å². The van der Waals surface area contributed by atoms with Gasteiger partial charge in [0.2, 0.25) is 11.9 Å². The number of halogens is 1. The molecule has 20 heavy (non-hydrogen) atoms. The van der Waals surface area contributed by atoms with E-state index in [2.05, 4.69) is 31.7 Å². The second kappa shape index (κ2) is 6.04. The summed E-state index contributed by atoms with van der Waals surface area (Å²) < 4.78 is 4.98. The van der Waals surface area contributed by atoms with Crippen LogP contribution in [0.15, 0.2) is 18.2 Å². The summed E-state index contributed by atoms with van der Waals surface area (Å²) in [6.45, 7) is 0. The molecule has 0 spiro atoms. The minimum absolute atomic E-state index is 0.160. The number of nitrogens with zero attached hydrogens (tertiary/aromatic N) is 4. The Bertz CT molecular complexity index is 647. The van der Waals surface area contributed by atoms with Crippen molar-refractivity contribution < 1.29 is 4.74 Å². The number of benzene rings is 1. The van der Waals surface area contributed by atoms with Gasteiger partial charge in [-0.3, -0.25) is 0 Å². The van der Waals surface area contributed by atoms with Crippen LogP contribution in [0.1, 0.15) is 5.56 Å². The largest absolute Gasteiger partial charge is 0.467 e. The van der Waals surface area contributed by atoms with Crippen molar-refractivity contribution in [2.45, 2.75) is 0 Å². The van der Waals surface area contributed by atoms with Crippen LogP contribution in [0, 0.1) is 11.3 Å². The average molecular weight is 291 g/mol. The SMILES string of the molecule is CNc1nc(Nc2cc(Cl)ccc2C#N)nc(OC)n1. The second-order valence-corrected chi connectivity index (χ2v) is 4.08. The lowest BCUT2D eigenvalue weighted by Gasteiger charge is -2.09. The Kier molecular flexibility index (Phi) is 4.17. The molecule has 0 bridgehead atoms. The lowest BCUT2D eigenvalue weighted by atomic mass is 10.2. The van der Waals surface area contributed by atoms with Crippen LogP contribution >= 0.6 is 11.6 Å². The van der Waals surface area contributed by atoms with Crippen LogP contribution in [-0.4, -0.2) is 29.1 Å². The molecule has 0 amide bonds. The van der Waals surface area contributed by atoms with Crippen molar-refractivity contribution in [3.05, 3.63) is 28.8 Å². The highest BCUT2D eigenvalue weighted by atomic mass is 35.5. The van der Waals surface area contributed by atoms with Gasteiger partial charge in [-0.15, -0.1) is 0 Å². The molecule has 0 atom stereocenters. The summed E-state index contributed by atoms with van der Waals surface area (Å²) in [5.74, 6) is 0.597. The Balaban J connectivity index is 2.39. The van der Waals surface area contributed by atoms with Gasteiger partial charge in [-0.2, -0.15) is 20.2 Å². The lowest BCUT2D eigenvalue weighted by molar-refractivity contribution is 0.379. The molecule has 0 aliphatic carbocycles. The third-order valence-corrected chi connectivity index (χ3v) is 2.60. The third-order valence-electron chi connectivity index (χ3n) is 2.37. The lowest BCUT2D eigenvalue weighted by Crippen LogP contribution is -2.06. The van der Waals surface area contributed by atoms with Crippen LogP contribution in [0.3, 0.4) is 0 Å². The first-order valence-electron chi connectivity index (χ1n) is 5.60. The molecule has 1 aromatic heterocycles. The maximum atomic E-state index is 9.07. The van der Waals surface area contributed by atoms with Gasteiger partial charge in [0.25, 0.3) is 0 Å². The number of hydrogen-bond donors (Lipinski definition) is 2. The number of anilines is 3. The number of nitrogens with one attached hydrogen (secondary N) is 2. The number of methoxy groups -OCH3 is 1. The molecule has 0 aliphatic heterocycles. The summed E-state index contributed by atoms with van der Waals surface area (Å²) in [6.07, 6.45) is 0. The van der Waals surface area contributed by atoms with Gasteiger partial charge < -0.3 is 15.4 Å². The first-order chi connectivity index (χ1) is 9.66. The molecule has 1 aromatic carbocycles. The van der Waals surface area contributed by atoms with Gasteiger partial charge in [-0.25, -0.2) is 0 Å². The Labute approximate surface area is 120 Å². The zero-order valence-electron chi connectivity index (χ0n) is 10.8. The summed E-state index contributed by atoms with van der Waals surface area (Å²) in [7, 11) is 3.14. The number of aromatic nitrogens is 3. The van der Waals surface area contributed by atoms with Crippen molar-refractivity contribution in [2.24, 2.45) is 0 Å². The van der Waals surface area contributed by atoms with E-state index in [9.17, 15) is 0 Å². The predicted molar refractivity (Wildman–Crippen MR) is 75.4 cm³/mol. The zero-order chi connectivity index (χ0) is 14.5. The van der Waals surface area contributed by atoms with Crippen LogP contribution in [0.4, 0.5) is 17.6 Å². The molecular formula is C12H11ClN6O. The monoisotopic (exact) mass is 290 g/mol. The Morgan fingerprint density at radius 2 is 2.00 bits per heavy atom. The summed E-state index contributed by atoms with van der Waals surface area (Å²) in [6, 6.07) is 7.09. The molecule has 0 saturated carbocycles. The van der Waals surface area contributed by atoms with Crippen molar-refractivity contribution in [3.8, 4) is 12.1 Å². The Morgan fingerprint density at radius 1 is 1.25 bits per heavy atom. The molecule has 0 fully saturated rings. The summed E-state index contributed by atoms with van der Waals surface area (Å²) >= 11 is 5.92. The van der Waals surface area contributed by atoms with Crippen molar-refractivity contribution in [2.75, 3.05) is 24.8 Å². The molecular weight excluding hydrogens is 280 g/mol. The van der Waals surface area contributed by atoms with E-state index in [0.717, 1.165) is 0 Å². The number of hydrogen-bond acceptors (Lipinski definition) is 7. The van der Waals surface area contributed by atoms with E-state index in [1.165, 1.54) is 7.11 Å². The molecule has 102 valence electrons. The van der Waals surface area contributed by atoms with Gasteiger partial charge in [0, 0.05) is 12.1 Å². The fourth-order valence-corrected chi connectivity index (χ4v) is 1.63. The first-order valence-corrected chi connectivity index (χ1v) is 5.98. The van der Waals surface area contributed by atoms with Crippen LogP contribution in [-0.2, 0) is 0 Å². The van der Waals surface area contributed by atoms with Crippen molar-refractivity contribution >= 4 is 29.2 Å². The van der Waals surface area contributed by atoms with Crippen LogP contribution < -0.4 is 15.4 Å². The van der Waals surface area contributed by atoms with Gasteiger partial charge in [-0.05, 0) is 18.2 Å². The second-order valence-electron chi connectivity index (χ2n) is 3.65. The Morgan fingerprint density at radius 3 is 2.65 bits per heavy atom. The first kappa shape index (κ1) is 13.8. The molecule has 0 radical (unpaired) electrons. The molecule has 2 aromatic rings. The average Bonchev–Trinajstić information content (AvgIpc) is 2.47. The highest BCUT2D eigenvalue weighted by Gasteiger charge is 2.09. The summed E-state index contributed by atoms with van der Waals surface area (Å²) in [5, 5.41) is 15.3. The number of rotatable bonds is 4. The van der Waals surface area contributed by atoms with Gasteiger partial charge in [0.1, 0.15) is 6.07 Å². The van der Waals surface area contributed by atoms with E-state index in [1.54, 1.807) is 25.2 Å². The molecule has 0 unspecified atom stereocenters. The number of nitriles is 1. The standard InChI is InChI=1S/C12H11ClN6O/c1-15-10-17-11(19-12(18-10)20-2)16-9-5-8(13)4-3-7(9)6-14/h3-5H,1-2H3,(H2,15,16,17,18,19). The summed E-state index contributed by atoms with van der Waals surface area (Å²) in [5.41, 5.74) is 0.940. The highest BCUT2D eigenvalue weighted by Crippen LogP contribution is 2.23. The summed E-state index contributed by atoms with van der Waals surface area (Å²) in [4.78, 5) is 12.2. The van der Waals surface area contributed by atoms with E-state index in [1.807, 2.05) is 0 Å². The van der Waals surface area contributed by atoms with Gasteiger partial charge in [0.15, 0.2) is 0 Å². The normalized spacial score (nSPS) is 9.70. The predicted octanol–water partition coefficient (Wildman–Crippen LogP) is 2.19. The maximum absolute atomic E-state index is 9.07. The van der Waals surface area contributed by atoms with Crippen molar-refractivity contribution in [3.63, 3.8) is 0 Å². The molecule has 2 N–H and O–H groups in total. The fraction of sp³-hybridized carbons (Fsp3) is 0.167. The van der Waals surface area contributed by atoms with Gasteiger partial charge >= 0.3 is 6.01 Å². The molecule has 7 nitrogen and oxygen atoms in total. The molecule has 1 heterocycles. The van der Waals surface area contributed by atoms with Crippen LogP contribution in [0.5, 0.6) is 6.01 Å². The van der Waals surface area contributed by atoms with E-state index in [-0.39, 0.29) is 12.0 Å². The maximum Gasteiger partial charge on any atom is 0.322 e. The van der Waals surface area contributed by atoms with E-state index >= 15 is 0 Å². The van der Waals surface area contributed by atoms with Crippen molar-refractivity contribution in [1.29, 1.82) is 5.26 Å². The molecule has 0 saturated heterocycles. The molecule has 0 aliphatic rings. The molecule has 8 heteroatoms. The third kappa shape index (κ3) is 3.05. The number of ether oxygens (including phenoxy) is 1. The van der Waals surface area contributed by atoms with Gasteiger partial charge in [0.05, 0.1) is 18.4 Å². The quantitative estimate of drug-likeness (QED) is 0.891. The van der Waals surface area contributed by atoms with Crippen LogP contribution in [0.25, 0.3) is 0 Å². The Hall–Kier alpha value is -2.59.